The number of nitrogens with one attached hydrogen (secondary N) is 1. The van der Waals surface area contributed by atoms with E-state index >= 15 is 0 Å². The minimum atomic E-state index is -0.111. The van der Waals surface area contributed by atoms with E-state index in [0.29, 0.717) is 37.0 Å². The van der Waals surface area contributed by atoms with E-state index in [0.717, 1.165) is 59.0 Å². The van der Waals surface area contributed by atoms with Crippen molar-refractivity contribution in [3.63, 3.8) is 0 Å². The van der Waals surface area contributed by atoms with Gasteiger partial charge in [-0.3, -0.25) is 4.79 Å². The summed E-state index contributed by atoms with van der Waals surface area (Å²) in [4.78, 5) is 21.6. The molecule has 0 saturated carbocycles. The summed E-state index contributed by atoms with van der Waals surface area (Å²) in [5, 5.41) is 3.75. The molecule has 1 fully saturated rings. The van der Waals surface area contributed by atoms with Crippen molar-refractivity contribution in [1.82, 2.24) is 5.32 Å². The summed E-state index contributed by atoms with van der Waals surface area (Å²) in [6.45, 7) is 10.2. The molecule has 0 spiro atoms. The number of morpholine rings is 1. The van der Waals surface area contributed by atoms with Crippen LogP contribution < -0.4 is 10.2 Å². The molecule has 5 rings (SSSR count). The van der Waals surface area contributed by atoms with Crippen molar-refractivity contribution >= 4 is 50.3 Å². The van der Waals surface area contributed by atoms with Crippen molar-refractivity contribution in [2.75, 3.05) is 31.2 Å². The van der Waals surface area contributed by atoms with Crippen LogP contribution in [0.3, 0.4) is 0 Å². The molecule has 192 valence electrons. The van der Waals surface area contributed by atoms with Crippen LogP contribution in [0.25, 0.3) is 0 Å². The van der Waals surface area contributed by atoms with Gasteiger partial charge in [0.2, 0.25) is 5.88 Å². The number of ether oxygens (including phenoxy) is 1. The number of fused-ring (bicyclic) bond motifs is 1. The molecule has 4 heterocycles. The number of thiophene rings is 1. The number of hydrogen-bond acceptors (Lipinski definition) is 7. The SMILES string of the molecule is CC(C)(C)[C@@H]1CCc2c(sc(N=Cc3cc(Br)c(N4CCOCC4)o3)c2C(=O)NCc2ccco2)C1. The van der Waals surface area contributed by atoms with Crippen LogP contribution in [-0.4, -0.2) is 38.4 Å². The van der Waals surface area contributed by atoms with Crippen molar-refractivity contribution in [3.8, 4) is 0 Å². The zero-order chi connectivity index (χ0) is 25.3. The Labute approximate surface area is 224 Å². The van der Waals surface area contributed by atoms with Gasteiger partial charge in [-0.25, -0.2) is 4.99 Å². The van der Waals surface area contributed by atoms with Crippen LogP contribution in [0.5, 0.6) is 0 Å². The van der Waals surface area contributed by atoms with Gasteiger partial charge in [-0.15, -0.1) is 11.3 Å². The second-order valence-electron chi connectivity index (χ2n) is 10.4. The fourth-order valence-electron chi connectivity index (χ4n) is 4.85. The zero-order valence-electron chi connectivity index (χ0n) is 20.9. The quantitative estimate of drug-likeness (QED) is 0.347. The lowest BCUT2D eigenvalue weighted by atomic mass is 9.72. The van der Waals surface area contributed by atoms with Crippen LogP contribution in [0, 0.1) is 11.3 Å². The summed E-state index contributed by atoms with van der Waals surface area (Å²) in [6.07, 6.45) is 6.27. The number of carbonyl (C=O) groups excluding carboxylic acids is 1. The van der Waals surface area contributed by atoms with Gasteiger partial charge in [0.1, 0.15) is 16.5 Å². The average Bonchev–Trinajstić information content (AvgIpc) is 3.59. The fraction of sp³-hybridized carbons (Fsp3) is 0.481. The highest BCUT2D eigenvalue weighted by Crippen LogP contribution is 2.45. The summed E-state index contributed by atoms with van der Waals surface area (Å²) >= 11 is 5.25. The van der Waals surface area contributed by atoms with E-state index in [1.54, 1.807) is 23.8 Å². The number of nitrogens with zero attached hydrogens (tertiary/aromatic N) is 2. The van der Waals surface area contributed by atoms with E-state index in [4.69, 9.17) is 18.6 Å². The highest BCUT2D eigenvalue weighted by atomic mass is 79.9. The first kappa shape index (κ1) is 25.3. The van der Waals surface area contributed by atoms with Gasteiger partial charge in [-0.2, -0.15) is 0 Å². The van der Waals surface area contributed by atoms with Crippen molar-refractivity contribution in [3.05, 3.63) is 56.5 Å². The maximum absolute atomic E-state index is 13.4. The molecule has 9 heteroatoms. The molecular weight excluding hydrogens is 542 g/mol. The minimum absolute atomic E-state index is 0.111. The lowest BCUT2D eigenvalue weighted by molar-refractivity contribution is 0.0947. The summed E-state index contributed by atoms with van der Waals surface area (Å²) in [5.74, 6) is 2.62. The highest BCUT2D eigenvalue weighted by molar-refractivity contribution is 9.10. The number of halogens is 1. The van der Waals surface area contributed by atoms with Crippen LogP contribution in [0.15, 0.2) is 42.8 Å². The largest absolute Gasteiger partial charge is 0.467 e. The molecule has 1 atom stereocenters. The smallest absolute Gasteiger partial charge is 0.255 e. The molecule has 3 aromatic heterocycles. The molecule has 0 unspecified atom stereocenters. The summed E-state index contributed by atoms with van der Waals surface area (Å²) in [6, 6.07) is 5.61. The molecular formula is C27H32BrN3O4S. The number of rotatable bonds is 6. The third kappa shape index (κ3) is 5.48. The number of carbonyl (C=O) groups is 1. The average molecular weight is 575 g/mol. The van der Waals surface area contributed by atoms with E-state index in [-0.39, 0.29) is 11.3 Å². The van der Waals surface area contributed by atoms with Gasteiger partial charge in [-0.1, -0.05) is 20.8 Å². The predicted octanol–water partition coefficient (Wildman–Crippen LogP) is 6.36. The number of furan rings is 2. The summed E-state index contributed by atoms with van der Waals surface area (Å²) in [5.41, 5.74) is 2.05. The van der Waals surface area contributed by atoms with Gasteiger partial charge in [-0.05, 0) is 64.2 Å². The topological polar surface area (TPSA) is 80.2 Å². The maximum atomic E-state index is 13.4. The molecule has 3 aromatic rings. The second kappa shape index (κ2) is 10.6. The van der Waals surface area contributed by atoms with E-state index in [2.05, 4.69) is 46.9 Å². The third-order valence-electron chi connectivity index (χ3n) is 7.00. The summed E-state index contributed by atoms with van der Waals surface area (Å²) in [7, 11) is 0. The van der Waals surface area contributed by atoms with Crippen LogP contribution in [0.2, 0.25) is 0 Å². The zero-order valence-corrected chi connectivity index (χ0v) is 23.3. The Bertz CT molecular complexity index is 1230. The first-order valence-corrected chi connectivity index (χ1v) is 14.0. The Balaban J connectivity index is 1.42. The van der Waals surface area contributed by atoms with Crippen LogP contribution >= 0.6 is 27.3 Å². The number of amides is 1. The van der Waals surface area contributed by atoms with Crippen molar-refractivity contribution < 1.29 is 18.4 Å². The number of anilines is 1. The van der Waals surface area contributed by atoms with Crippen LogP contribution in [0.4, 0.5) is 10.9 Å². The molecule has 1 aliphatic carbocycles. The predicted molar refractivity (Wildman–Crippen MR) is 146 cm³/mol. The normalized spacial score (nSPS) is 18.6. The van der Waals surface area contributed by atoms with Gasteiger partial charge in [0.25, 0.3) is 5.91 Å². The monoisotopic (exact) mass is 573 g/mol. The Morgan fingerprint density at radius 1 is 1.33 bits per heavy atom. The minimum Gasteiger partial charge on any atom is -0.467 e. The molecule has 0 bridgehead atoms. The maximum Gasteiger partial charge on any atom is 0.255 e. The van der Waals surface area contributed by atoms with Gasteiger partial charge in [0.05, 0.1) is 42.3 Å². The molecule has 1 N–H and O–H groups in total. The Morgan fingerprint density at radius 3 is 2.86 bits per heavy atom. The van der Waals surface area contributed by atoms with E-state index < -0.39 is 0 Å². The van der Waals surface area contributed by atoms with E-state index in [1.807, 2.05) is 18.2 Å². The lowest BCUT2D eigenvalue weighted by Gasteiger charge is -2.33. The third-order valence-corrected chi connectivity index (χ3v) is 8.73. The van der Waals surface area contributed by atoms with Gasteiger partial charge >= 0.3 is 0 Å². The van der Waals surface area contributed by atoms with Gasteiger partial charge in [0, 0.05) is 24.0 Å². The fourth-order valence-corrected chi connectivity index (χ4v) is 6.68. The van der Waals surface area contributed by atoms with Crippen LogP contribution in [-0.2, 0) is 24.1 Å². The lowest BCUT2D eigenvalue weighted by Crippen LogP contribution is -2.36. The first-order valence-electron chi connectivity index (χ1n) is 12.4. The summed E-state index contributed by atoms with van der Waals surface area (Å²) < 4.78 is 17.8. The molecule has 1 aliphatic heterocycles. The standard InChI is InChI=1S/C27H32BrN3O4S/c1-27(2,3)17-6-7-20-22(13-17)36-25(23(20)24(32)29-15-18-5-4-10-34-18)30-16-19-14-21(28)26(35-19)31-8-11-33-12-9-31/h4-5,10,14,16-17H,6-9,11-13,15H2,1-3H3,(H,29,32)/t17-/m1/s1. The molecule has 2 aliphatic rings. The first-order chi connectivity index (χ1) is 17.3. The van der Waals surface area contributed by atoms with E-state index in [9.17, 15) is 4.79 Å². The highest BCUT2D eigenvalue weighted by Gasteiger charge is 2.33. The van der Waals surface area contributed by atoms with Crippen LogP contribution in [0.1, 0.15) is 59.5 Å². The molecule has 7 nitrogen and oxygen atoms in total. The van der Waals surface area contributed by atoms with E-state index in [1.165, 1.54) is 4.88 Å². The Kier molecular flexibility index (Phi) is 7.42. The Hall–Kier alpha value is -2.36. The molecule has 1 saturated heterocycles. The second-order valence-corrected chi connectivity index (χ2v) is 12.3. The van der Waals surface area contributed by atoms with Crippen molar-refractivity contribution in [1.29, 1.82) is 0 Å². The van der Waals surface area contributed by atoms with Crippen molar-refractivity contribution in [2.24, 2.45) is 16.3 Å². The van der Waals surface area contributed by atoms with Gasteiger partial charge in [0.15, 0.2) is 0 Å². The Morgan fingerprint density at radius 2 is 2.14 bits per heavy atom. The molecule has 36 heavy (non-hydrogen) atoms. The van der Waals surface area contributed by atoms with Crippen molar-refractivity contribution in [2.45, 2.75) is 46.6 Å². The number of hydrogen-bond donors (Lipinski definition) is 1. The molecule has 1 amide bonds. The number of aliphatic imine (C=N–C) groups is 1. The molecule has 0 radical (unpaired) electrons. The van der Waals surface area contributed by atoms with Gasteiger partial charge < -0.3 is 23.8 Å². The molecule has 0 aromatic carbocycles.